The topological polar surface area (TPSA) is 131 Å². The van der Waals surface area contributed by atoms with E-state index in [1.807, 2.05) is 20.8 Å². The molecule has 0 radical (unpaired) electrons. The van der Waals surface area contributed by atoms with Crippen LogP contribution in [0.4, 0.5) is 9.18 Å². The second-order valence-corrected chi connectivity index (χ2v) is 12.5. The Morgan fingerprint density at radius 1 is 0.975 bits per heavy atom. The summed E-state index contributed by atoms with van der Waals surface area (Å²) in [4.78, 5) is 29.6. The molecule has 40 heavy (non-hydrogen) atoms. The van der Waals surface area contributed by atoms with Gasteiger partial charge in [0, 0.05) is 71.9 Å². The molecule has 6 N–H and O–H groups in total. The molecule has 4 fully saturated rings. The van der Waals surface area contributed by atoms with Crippen molar-refractivity contribution in [1.82, 2.24) is 41.7 Å². The van der Waals surface area contributed by atoms with Gasteiger partial charge in [-0.25, -0.2) is 9.18 Å². The number of halogens is 1. The number of methoxy groups -OCH3 is 1. The fourth-order valence-corrected chi connectivity index (χ4v) is 6.50. The van der Waals surface area contributed by atoms with Crippen molar-refractivity contribution in [1.29, 1.82) is 0 Å². The van der Waals surface area contributed by atoms with Crippen LogP contribution >= 0.6 is 0 Å². The van der Waals surface area contributed by atoms with Crippen molar-refractivity contribution in [3.63, 3.8) is 0 Å². The lowest BCUT2D eigenvalue weighted by Crippen LogP contribution is -2.72. The minimum absolute atomic E-state index is 0.00460. The summed E-state index contributed by atoms with van der Waals surface area (Å²) in [6.07, 6.45) is 2.08. The minimum atomic E-state index is -0.880. The third kappa shape index (κ3) is 8.02. The molecular formula is C27H51FN8O4. The Kier molecular flexibility index (Phi) is 11.0. The predicted molar refractivity (Wildman–Crippen MR) is 150 cm³/mol. The van der Waals surface area contributed by atoms with Gasteiger partial charge in [-0.15, -0.1) is 0 Å². The van der Waals surface area contributed by atoms with E-state index in [2.05, 4.69) is 36.8 Å². The van der Waals surface area contributed by atoms with Crippen LogP contribution in [0, 0.1) is 11.8 Å². The molecule has 3 saturated heterocycles. The first-order valence-electron chi connectivity index (χ1n) is 14.9. The lowest BCUT2D eigenvalue weighted by molar-refractivity contribution is -0.128. The summed E-state index contributed by atoms with van der Waals surface area (Å²) < 4.78 is 25.4. The third-order valence-corrected chi connectivity index (χ3v) is 8.49. The number of nitrogens with zero attached hydrogens (tertiary/aromatic N) is 2. The van der Waals surface area contributed by atoms with E-state index in [0.717, 1.165) is 32.2 Å². The zero-order chi connectivity index (χ0) is 28.9. The van der Waals surface area contributed by atoms with Crippen molar-refractivity contribution in [2.75, 3.05) is 60.0 Å². The molecule has 0 spiro atoms. The van der Waals surface area contributed by atoms with Crippen molar-refractivity contribution in [3.05, 3.63) is 0 Å². The fourth-order valence-electron chi connectivity index (χ4n) is 6.50. The normalized spacial score (nSPS) is 36.5. The Morgan fingerprint density at radius 2 is 1.73 bits per heavy atom. The number of rotatable bonds is 6. The average molecular weight is 571 g/mol. The first-order chi connectivity index (χ1) is 19.1. The quantitative estimate of drug-likeness (QED) is 0.254. The highest BCUT2D eigenvalue weighted by atomic mass is 19.1. The smallest absolute Gasteiger partial charge is 0.410 e. The summed E-state index contributed by atoms with van der Waals surface area (Å²) in [6.45, 7) is 9.56. The molecule has 1 saturated carbocycles. The number of nitrogens with one attached hydrogen (secondary N) is 6. The van der Waals surface area contributed by atoms with Crippen molar-refractivity contribution in [3.8, 4) is 0 Å². The van der Waals surface area contributed by atoms with E-state index in [9.17, 15) is 14.0 Å². The van der Waals surface area contributed by atoms with E-state index in [1.165, 1.54) is 0 Å². The van der Waals surface area contributed by atoms with Crippen LogP contribution < -0.4 is 31.9 Å². The molecule has 230 valence electrons. The SMILES string of the molecule is CNC(=O)C1CNC(N2CCCN(C(=O)OC(C)(C)C)CC2)NC1NC1CCCC(C2NCC(F)CN2)C1OC. The molecule has 0 bridgehead atoms. The summed E-state index contributed by atoms with van der Waals surface area (Å²) in [6, 6.07) is 0.0330. The highest BCUT2D eigenvalue weighted by Gasteiger charge is 2.43. The van der Waals surface area contributed by atoms with Crippen LogP contribution in [0.2, 0.25) is 0 Å². The van der Waals surface area contributed by atoms with E-state index < -0.39 is 11.8 Å². The van der Waals surface area contributed by atoms with Crippen molar-refractivity contribution >= 4 is 12.0 Å². The monoisotopic (exact) mass is 570 g/mol. The van der Waals surface area contributed by atoms with Gasteiger partial charge in [0.1, 0.15) is 18.1 Å². The molecule has 13 heteroatoms. The van der Waals surface area contributed by atoms with Crippen molar-refractivity contribution < 1.29 is 23.5 Å². The summed E-state index contributed by atoms with van der Waals surface area (Å²) in [5.74, 6) is -0.166. The lowest BCUT2D eigenvalue weighted by Gasteiger charge is -2.47. The van der Waals surface area contributed by atoms with Crippen LogP contribution in [-0.2, 0) is 14.3 Å². The predicted octanol–water partition coefficient (Wildman–Crippen LogP) is -0.276. The Morgan fingerprint density at radius 3 is 2.40 bits per heavy atom. The number of ether oxygens (including phenoxy) is 2. The van der Waals surface area contributed by atoms with E-state index >= 15 is 0 Å². The van der Waals surface area contributed by atoms with Gasteiger partial charge in [-0.3, -0.25) is 36.3 Å². The Bertz CT molecular complexity index is 840. The minimum Gasteiger partial charge on any atom is -0.444 e. The van der Waals surface area contributed by atoms with Crippen molar-refractivity contribution in [2.24, 2.45) is 11.8 Å². The van der Waals surface area contributed by atoms with E-state index in [4.69, 9.17) is 9.47 Å². The maximum atomic E-state index is 13.7. The molecule has 1 aliphatic carbocycles. The first-order valence-corrected chi connectivity index (χ1v) is 14.9. The molecule has 0 aromatic carbocycles. The third-order valence-electron chi connectivity index (χ3n) is 8.49. The maximum Gasteiger partial charge on any atom is 0.410 e. The molecule has 4 aliphatic rings. The zero-order valence-electron chi connectivity index (χ0n) is 24.8. The second-order valence-electron chi connectivity index (χ2n) is 12.5. The highest BCUT2D eigenvalue weighted by Crippen LogP contribution is 2.30. The van der Waals surface area contributed by atoms with Gasteiger partial charge in [-0.2, -0.15) is 0 Å². The standard InChI is InChI=1S/C27H51FN8O4/c1-27(2,3)40-26(38)36-11-7-10-35(12-13-36)25-32-16-19(24(37)29-4)23(34-25)33-20-9-6-8-18(21(20)39-5)22-30-14-17(28)15-31-22/h17-23,25,30-34H,6-16H2,1-5H3,(H,29,37). The number of amides is 2. The number of carbonyl (C=O) groups excluding carboxylic acids is 2. The second kappa shape index (κ2) is 14.0. The van der Waals surface area contributed by atoms with Crippen LogP contribution in [0.5, 0.6) is 0 Å². The summed E-state index contributed by atoms with van der Waals surface area (Å²) in [7, 11) is 3.40. The van der Waals surface area contributed by atoms with Crippen LogP contribution in [-0.4, -0.2) is 124 Å². The van der Waals surface area contributed by atoms with Gasteiger partial charge < -0.3 is 19.7 Å². The van der Waals surface area contributed by atoms with Gasteiger partial charge >= 0.3 is 6.09 Å². The van der Waals surface area contributed by atoms with Gasteiger partial charge in [0.25, 0.3) is 0 Å². The van der Waals surface area contributed by atoms with Gasteiger partial charge in [-0.05, 0) is 40.0 Å². The molecular weight excluding hydrogens is 519 g/mol. The number of alkyl halides is 1. The molecule has 0 aromatic heterocycles. The molecule has 3 aliphatic heterocycles. The van der Waals surface area contributed by atoms with Gasteiger partial charge in [0.2, 0.25) is 5.91 Å². The van der Waals surface area contributed by atoms with Gasteiger partial charge in [-0.1, -0.05) is 6.42 Å². The van der Waals surface area contributed by atoms with Crippen LogP contribution in [0.1, 0.15) is 46.5 Å². The van der Waals surface area contributed by atoms with Gasteiger partial charge in [0.05, 0.1) is 24.4 Å². The molecule has 6 atom stereocenters. The fraction of sp³-hybridized carbons (Fsp3) is 0.926. The summed E-state index contributed by atoms with van der Waals surface area (Å²) in [5, 5.41) is 20.4. The summed E-state index contributed by atoms with van der Waals surface area (Å²) >= 11 is 0. The van der Waals surface area contributed by atoms with Crippen LogP contribution in [0.15, 0.2) is 0 Å². The molecule has 12 nitrogen and oxygen atoms in total. The largest absolute Gasteiger partial charge is 0.444 e. The van der Waals surface area contributed by atoms with Crippen LogP contribution in [0.25, 0.3) is 0 Å². The first kappa shape index (κ1) is 31.3. The van der Waals surface area contributed by atoms with Gasteiger partial charge in [0.15, 0.2) is 0 Å². The Balaban J connectivity index is 1.41. The highest BCUT2D eigenvalue weighted by molar-refractivity contribution is 5.79. The number of hydrogen-bond donors (Lipinski definition) is 6. The molecule has 2 amide bonds. The average Bonchev–Trinajstić information content (AvgIpc) is 3.19. The van der Waals surface area contributed by atoms with Crippen molar-refractivity contribution in [2.45, 2.75) is 89.0 Å². The van der Waals surface area contributed by atoms with E-state index in [1.54, 1.807) is 19.1 Å². The maximum absolute atomic E-state index is 13.7. The molecule has 6 unspecified atom stereocenters. The van der Waals surface area contributed by atoms with E-state index in [-0.39, 0.29) is 54.6 Å². The Labute approximate surface area is 238 Å². The summed E-state index contributed by atoms with van der Waals surface area (Å²) in [5.41, 5.74) is -0.527. The number of hydrogen-bond acceptors (Lipinski definition) is 10. The molecule has 3 heterocycles. The Hall–Kier alpha value is -1.61. The van der Waals surface area contributed by atoms with E-state index in [0.29, 0.717) is 39.3 Å². The molecule has 4 rings (SSSR count). The van der Waals surface area contributed by atoms with Crippen LogP contribution in [0.3, 0.4) is 0 Å². The zero-order valence-corrected chi connectivity index (χ0v) is 24.8. The number of carbonyl (C=O) groups is 2. The molecule has 0 aromatic rings. The lowest BCUT2D eigenvalue weighted by atomic mass is 9.80.